The van der Waals surface area contributed by atoms with E-state index in [4.69, 9.17) is 4.74 Å². The second-order valence-electron chi connectivity index (χ2n) is 2.60. The van der Waals surface area contributed by atoms with Crippen LogP contribution in [0.25, 0.3) is 0 Å². The molecular formula is C7H11NO. The first kappa shape index (κ1) is 5.45. The Hall–Kier alpha value is -0.340. The van der Waals surface area contributed by atoms with E-state index in [0.29, 0.717) is 12.1 Å². The molecule has 2 nitrogen and oxygen atoms in total. The Kier molecular flexibility index (Phi) is 1.28. The summed E-state index contributed by atoms with van der Waals surface area (Å²) in [7, 11) is 0. The van der Waals surface area contributed by atoms with Crippen LogP contribution < -0.4 is 5.32 Å². The molecule has 9 heavy (non-hydrogen) atoms. The molecule has 0 aromatic heterocycles. The molecule has 2 heteroatoms. The molecular weight excluding hydrogens is 114 g/mol. The molecule has 0 aromatic rings. The minimum Gasteiger partial charge on any atom is -0.361 e. The normalized spacial score (nSPS) is 40.9. The van der Waals surface area contributed by atoms with Crippen LogP contribution in [0.4, 0.5) is 0 Å². The van der Waals surface area contributed by atoms with Crippen molar-refractivity contribution >= 4 is 0 Å². The molecule has 1 aliphatic carbocycles. The van der Waals surface area contributed by atoms with Gasteiger partial charge >= 0.3 is 0 Å². The largest absolute Gasteiger partial charge is 0.361 e. The topological polar surface area (TPSA) is 21.3 Å². The molecule has 1 aliphatic heterocycles. The van der Waals surface area contributed by atoms with Crippen LogP contribution in [-0.4, -0.2) is 18.9 Å². The van der Waals surface area contributed by atoms with E-state index in [9.17, 15) is 0 Å². The van der Waals surface area contributed by atoms with Crippen molar-refractivity contribution in [3.05, 3.63) is 12.2 Å². The molecule has 0 spiro atoms. The lowest BCUT2D eigenvalue weighted by Gasteiger charge is -2.17. The Morgan fingerprint density at radius 3 is 3.11 bits per heavy atom. The van der Waals surface area contributed by atoms with Crippen LogP contribution in [0.5, 0.6) is 0 Å². The van der Waals surface area contributed by atoms with Crippen LogP contribution in [0.15, 0.2) is 12.2 Å². The van der Waals surface area contributed by atoms with Gasteiger partial charge in [-0.25, -0.2) is 0 Å². The molecule has 0 radical (unpaired) electrons. The lowest BCUT2D eigenvalue weighted by molar-refractivity contribution is 0.103. The van der Waals surface area contributed by atoms with Crippen LogP contribution in [0.1, 0.15) is 12.8 Å². The Morgan fingerprint density at radius 1 is 1.33 bits per heavy atom. The summed E-state index contributed by atoms with van der Waals surface area (Å²) >= 11 is 0. The molecule has 2 atom stereocenters. The molecule has 1 N–H and O–H groups in total. The number of hydrogen-bond donors (Lipinski definition) is 1. The predicted molar refractivity (Wildman–Crippen MR) is 35.0 cm³/mol. The standard InChI is InChI=1S/C7H11NO/c1-2-4-7-6(3-1)8-5-9-7/h1-2,6-8H,3-5H2. The highest BCUT2D eigenvalue weighted by Gasteiger charge is 2.27. The lowest BCUT2D eigenvalue weighted by atomic mass is 10.00. The third kappa shape index (κ3) is 0.884. The van der Waals surface area contributed by atoms with Crippen molar-refractivity contribution in [2.24, 2.45) is 0 Å². The van der Waals surface area contributed by atoms with E-state index >= 15 is 0 Å². The Balaban J connectivity index is 2.07. The summed E-state index contributed by atoms with van der Waals surface area (Å²) in [4.78, 5) is 0. The average molecular weight is 125 g/mol. The molecule has 0 aromatic carbocycles. The fraction of sp³-hybridized carbons (Fsp3) is 0.714. The monoisotopic (exact) mass is 125 g/mol. The van der Waals surface area contributed by atoms with Crippen molar-refractivity contribution in [2.75, 3.05) is 6.73 Å². The number of fused-ring (bicyclic) bond motifs is 1. The van der Waals surface area contributed by atoms with Crippen molar-refractivity contribution in [1.29, 1.82) is 0 Å². The van der Waals surface area contributed by atoms with Gasteiger partial charge in [-0.2, -0.15) is 0 Å². The summed E-state index contributed by atoms with van der Waals surface area (Å²) in [6.07, 6.45) is 7.13. The van der Waals surface area contributed by atoms with E-state index in [1.807, 2.05) is 0 Å². The first-order valence-corrected chi connectivity index (χ1v) is 3.47. The van der Waals surface area contributed by atoms with E-state index < -0.39 is 0 Å². The van der Waals surface area contributed by atoms with E-state index in [2.05, 4.69) is 17.5 Å². The molecule has 1 saturated heterocycles. The predicted octanol–water partition coefficient (Wildman–Crippen LogP) is 0.651. The smallest absolute Gasteiger partial charge is 0.0973 e. The quantitative estimate of drug-likeness (QED) is 0.480. The van der Waals surface area contributed by atoms with Crippen molar-refractivity contribution in [1.82, 2.24) is 5.32 Å². The highest BCUT2D eigenvalue weighted by Crippen LogP contribution is 2.18. The average Bonchev–Trinajstić information content (AvgIpc) is 2.33. The lowest BCUT2D eigenvalue weighted by Crippen LogP contribution is -2.31. The maximum absolute atomic E-state index is 5.39. The Bertz CT molecular complexity index is 119. The van der Waals surface area contributed by atoms with Gasteiger partial charge in [-0.15, -0.1) is 0 Å². The maximum atomic E-state index is 5.39. The van der Waals surface area contributed by atoms with Gasteiger partial charge in [-0.05, 0) is 12.8 Å². The molecule has 50 valence electrons. The first-order valence-electron chi connectivity index (χ1n) is 3.47. The van der Waals surface area contributed by atoms with Gasteiger partial charge in [-0.3, -0.25) is 5.32 Å². The highest BCUT2D eigenvalue weighted by molar-refractivity contribution is 5.00. The van der Waals surface area contributed by atoms with Crippen molar-refractivity contribution in [3.63, 3.8) is 0 Å². The highest BCUT2D eigenvalue weighted by atomic mass is 16.5. The molecule has 0 amide bonds. The third-order valence-electron chi connectivity index (χ3n) is 2.02. The molecule has 0 bridgehead atoms. The van der Waals surface area contributed by atoms with Gasteiger partial charge < -0.3 is 4.74 Å². The zero-order valence-electron chi connectivity index (χ0n) is 5.34. The summed E-state index contributed by atoms with van der Waals surface area (Å²) in [5.74, 6) is 0. The zero-order chi connectivity index (χ0) is 6.10. The third-order valence-corrected chi connectivity index (χ3v) is 2.02. The first-order chi connectivity index (χ1) is 4.47. The van der Waals surface area contributed by atoms with Crippen molar-refractivity contribution in [2.45, 2.75) is 25.0 Å². The van der Waals surface area contributed by atoms with Gasteiger partial charge in [0.25, 0.3) is 0 Å². The van der Waals surface area contributed by atoms with Gasteiger partial charge in [0.2, 0.25) is 0 Å². The Morgan fingerprint density at radius 2 is 2.22 bits per heavy atom. The van der Waals surface area contributed by atoms with Gasteiger partial charge in [0.05, 0.1) is 12.8 Å². The number of nitrogens with one attached hydrogen (secondary N) is 1. The molecule has 2 aliphatic rings. The summed E-state index contributed by atoms with van der Waals surface area (Å²) < 4.78 is 5.39. The van der Waals surface area contributed by atoms with Crippen LogP contribution in [0.2, 0.25) is 0 Å². The molecule has 1 fully saturated rings. The second kappa shape index (κ2) is 2.12. The Labute approximate surface area is 54.9 Å². The maximum Gasteiger partial charge on any atom is 0.0973 e. The molecule has 0 saturated carbocycles. The number of rotatable bonds is 0. The van der Waals surface area contributed by atoms with Crippen LogP contribution in [-0.2, 0) is 4.74 Å². The van der Waals surface area contributed by atoms with Crippen molar-refractivity contribution in [3.8, 4) is 0 Å². The number of ether oxygens (including phenoxy) is 1. The SMILES string of the molecule is C1=CCC2OCNC2C1. The van der Waals surface area contributed by atoms with Gasteiger partial charge in [-0.1, -0.05) is 12.2 Å². The molecule has 2 rings (SSSR count). The van der Waals surface area contributed by atoms with E-state index in [-0.39, 0.29) is 0 Å². The van der Waals surface area contributed by atoms with Gasteiger partial charge in [0, 0.05) is 6.04 Å². The summed E-state index contributed by atoms with van der Waals surface area (Å²) in [6.45, 7) is 0.747. The second-order valence-corrected chi connectivity index (χ2v) is 2.60. The van der Waals surface area contributed by atoms with Gasteiger partial charge in [0.15, 0.2) is 0 Å². The fourth-order valence-electron chi connectivity index (χ4n) is 1.45. The molecule has 1 heterocycles. The fourth-order valence-corrected chi connectivity index (χ4v) is 1.45. The summed E-state index contributed by atoms with van der Waals surface area (Å²) in [5, 5.41) is 3.29. The van der Waals surface area contributed by atoms with Gasteiger partial charge in [0.1, 0.15) is 0 Å². The number of hydrogen-bond acceptors (Lipinski definition) is 2. The van der Waals surface area contributed by atoms with E-state index in [0.717, 1.165) is 19.6 Å². The minimum atomic E-state index is 0.468. The van der Waals surface area contributed by atoms with Crippen LogP contribution >= 0.6 is 0 Å². The zero-order valence-corrected chi connectivity index (χ0v) is 5.34. The minimum absolute atomic E-state index is 0.468. The van der Waals surface area contributed by atoms with Crippen molar-refractivity contribution < 1.29 is 4.74 Å². The van der Waals surface area contributed by atoms with Crippen LogP contribution in [0, 0.1) is 0 Å². The molecule has 2 unspecified atom stereocenters. The van der Waals surface area contributed by atoms with Crippen LogP contribution in [0.3, 0.4) is 0 Å². The van der Waals surface area contributed by atoms with E-state index in [1.165, 1.54) is 0 Å². The summed E-state index contributed by atoms with van der Waals surface area (Å²) in [5.41, 5.74) is 0. The summed E-state index contributed by atoms with van der Waals surface area (Å²) in [6, 6.07) is 0.606. The van der Waals surface area contributed by atoms with E-state index in [1.54, 1.807) is 0 Å².